The van der Waals surface area contributed by atoms with Crippen LogP contribution in [-0.4, -0.2) is 26.0 Å². The second kappa shape index (κ2) is 3.93. The van der Waals surface area contributed by atoms with E-state index in [0.29, 0.717) is 23.9 Å². The Labute approximate surface area is 75.9 Å². The first-order valence-corrected chi connectivity index (χ1v) is 4.04. The zero-order valence-corrected chi connectivity index (χ0v) is 7.61. The van der Waals surface area contributed by atoms with Crippen molar-refractivity contribution >= 4 is 5.97 Å². The minimum absolute atomic E-state index is 0.143. The highest BCUT2D eigenvalue weighted by Gasteiger charge is 2.06. The number of nitrogens with zero attached hydrogens (tertiary/aromatic N) is 3. The Balaban J connectivity index is 2.94. The van der Waals surface area contributed by atoms with Crippen molar-refractivity contribution in [1.82, 2.24) is 15.0 Å². The summed E-state index contributed by atoms with van der Waals surface area (Å²) in [6.07, 6.45) is 0.548. The maximum atomic E-state index is 10.4. The Hall–Kier alpha value is -1.52. The third-order valence-electron chi connectivity index (χ3n) is 1.47. The predicted octanol–water partition coefficient (Wildman–Crippen LogP) is 0.370. The van der Waals surface area contributed by atoms with Crippen LogP contribution in [0.1, 0.15) is 24.4 Å². The van der Waals surface area contributed by atoms with Gasteiger partial charge in [-0.1, -0.05) is 6.92 Å². The summed E-state index contributed by atoms with van der Waals surface area (Å²) in [5, 5.41) is 8.52. The van der Waals surface area contributed by atoms with Gasteiger partial charge in [-0.2, -0.15) is 0 Å². The molecule has 0 aromatic carbocycles. The molecule has 0 aliphatic carbocycles. The summed E-state index contributed by atoms with van der Waals surface area (Å²) in [6, 6.07) is 0. The van der Waals surface area contributed by atoms with Crippen LogP contribution in [0.2, 0.25) is 0 Å². The molecule has 0 fully saturated rings. The van der Waals surface area contributed by atoms with E-state index in [9.17, 15) is 4.79 Å². The lowest BCUT2D eigenvalue weighted by atomic mass is 10.4. The van der Waals surface area contributed by atoms with E-state index in [-0.39, 0.29) is 6.42 Å². The van der Waals surface area contributed by atoms with Gasteiger partial charge in [0.2, 0.25) is 0 Å². The van der Waals surface area contributed by atoms with Gasteiger partial charge < -0.3 is 5.11 Å². The third-order valence-corrected chi connectivity index (χ3v) is 1.47. The maximum absolute atomic E-state index is 10.4. The van der Waals surface area contributed by atoms with E-state index in [2.05, 4.69) is 15.0 Å². The Bertz CT molecular complexity index is 325. The van der Waals surface area contributed by atoms with Crippen LogP contribution in [0.3, 0.4) is 0 Å². The first kappa shape index (κ1) is 9.57. The molecule has 0 amide bonds. The summed E-state index contributed by atoms with van der Waals surface area (Å²) >= 11 is 0. The average molecular weight is 181 g/mol. The lowest BCUT2D eigenvalue weighted by Gasteiger charge is -2.00. The van der Waals surface area contributed by atoms with Crippen LogP contribution in [0.4, 0.5) is 0 Å². The summed E-state index contributed by atoms with van der Waals surface area (Å²) < 4.78 is 0. The van der Waals surface area contributed by atoms with Gasteiger partial charge in [-0.05, 0) is 6.92 Å². The molecule has 0 radical (unpaired) electrons. The van der Waals surface area contributed by atoms with Gasteiger partial charge in [0.15, 0.2) is 0 Å². The Morgan fingerprint density at radius 1 is 1.31 bits per heavy atom. The van der Waals surface area contributed by atoms with Gasteiger partial charge in [0.1, 0.15) is 23.9 Å². The number of aromatic nitrogens is 3. The molecule has 0 aliphatic rings. The zero-order valence-electron chi connectivity index (χ0n) is 7.61. The highest BCUT2D eigenvalue weighted by molar-refractivity contribution is 5.68. The molecule has 5 heteroatoms. The van der Waals surface area contributed by atoms with E-state index >= 15 is 0 Å². The van der Waals surface area contributed by atoms with Crippen molar-refractivity contribution < 1.29 is 9.90 Å². The molecular formula is C8H11N3O2. The van der Waals surface area contributed by atoms with E-state index in [1.807, 2.05) is 6.92 Å². The van der Waals surface area contributed by atoms with Crippen molar-refractivity contribution in [2.24, 2.45) is 0 Å². The van der Waals surface area contributed by atoms with Gasteiger partial charge in [-0.25, -0.2) is 15.0 Å². The Morgan fingerprint density at radius 2 is 1.92 bits per heavy atom. The third kappa shape index (κ3) is 2.77. The number of rotatable bonds is 3. The van der Waals surface area contributed by atoms with Gasteiger partial charge in [0.25, 0.3) is 0 Å². The van der Waals surface area contributed by atoms with Crippen molar-refractivity contribution in [3.63, 3.8) is 0 Å². The zero-order chi connectivity index (χ0) is 9.84. The van der Waals surface area contributed by atoms with Crippen LogP contribution >= 0.6 is 0 Å². The van der Waals surface area contributed by atoms with E-state index in [4.69, 9.17) is 5.11 Å². The van der Waals surface area contributed by atoms with Gasteiger partial charge in [0.05, 0.1) is 0 Å². The predicted molar refractivity (Wildman–Crippen MR) is 45.3 cm³/mol. The number of carboxylic acid groups (broad SMARTS) is 1. The van der Waals surface area contributed by atoms with Crippen LogP contribution in [-0.2, 0) is 17.6 Å². The minimum Gasteiger partial charge on any atom is -0.481 e. The molecule has 1 N–H and O–H groups in total. The number of aryl methyl sites for hydroxylation is 2. The molecule has 0 unspecified atom stereocenters. The molecule has 0 atom stereocenters. The fourth-order valence-corrected chi connectivity index (χ4v) is 0.970. The molecule has 0 spiro atoms. The standard InChI is InChI=1S/C8H11N3O2/c1-3-6-9-5(2)10-7(11-6)4-8(12)13/h3-4H2,1-2H3,(H,12,13). The van der Waals surface area contributed by atoms with Crippen molar-refractivity contribution in [1.29, 1.82) is 0 Å². The molecule has 1 aromatic heterocycles. The summed E-state index contributed by atoms with van der Waals surface area (Å²) in [6.45, 7) is 3.64. The van der Waals surface area contributed by atoms with Crippen molar-refractivity contribution in [2.75, 3.05) is 0 Å². The molecule has 0 bridgehead atoms. The molecule has 1 rings (SSSR count). The van der Waals surface area contributed by atoms with Gasteiger partial charge >= 0.3 is 5.97 Å². The minimum atomic E-state index is -0.923. The largest absolute Gasteiger partial charge is 0.481 e. The molecule has 0 saturated carbocycles. The van der Waals surface area contributed by atoms with Gasteiger partial charge in [0, 0.05) is 6.42 Å². The lowest BCUT2D eigenvalue weighted by Crippen LogP contribution is -2.09. The van der Waals surface area contributed by atoms with E-state index in [0.717, 1.165) is 0 Å². The second-order valence-electron chi connectivity index (χ2n) is 2.64. The number of hydrogen-bond donors (Lipinski definition) is 1. The molecule has 13 heavy (non-hydrogen) atoms. The second-order valence-corrected chi connectivity index (χ2v) is 2.64. The van der Waals surface area contributed by atoms with Crippen LogP contribution in [0.5, 0.6) is 0 Å². The lowest BCUT2D eigenvalue weighted by molar-refractivity contribution is -0.136. The highest BCUT2D eigenvalue weighted by atomic mass is 16.4. The van der Waals surface area contributed by atoms with Gasteiger partial charge in [-0.3, -0.25) is 4.79 Å². The molecule has 1 heterocycles. The van der Waals surface area contributed by atoms with Gasteiger partial charge in [-0.15, -0.1) is 0 Å². The van der Waals surface area contributed by atoms with Crippen molar-refractivity contribution in [3.8, 4) is 0 Å². The SMILES string of the molecule is CCc1nc(C)nc(CC(=O)O)n1. The molecule has 0 saturated heterocycles. The first-order chi connectivity index (χ1) is 6.11. The first-order valence-electron chi connectivity index (χ1n) is 4.04. The monoisotopic (exact) mass is 181 g/mol. The number of carboxylic acids is 1. The molecule has 1 aromatic rings. The molecule has 0 aliphatic heterocycles. The average Bonchev–Trinajstić information content (AvgIpc) is 2.01. The number of aliphatic carboxylic acids is 1. The molecular weight excluding hydrogens is 170 g/mol. The maximum Gasteiger partial charge on any atom is 0.311 e. The van der Waals surface area contributed by atoms with Crippen LogP contribution in [0, 0.1) is 6.92 Å². The summed E-state index contributed by atoms with van der Waals surface area (Å²) in [5.74, 6) is 0.622. The van der Waals surface area contributed by atoms with E-state index in [1.165, 1.54) is 0 Å². The summed E-state index contributed by atoms with van der Waals surface area (Å²) in [5.41, 5.74) is 0. The summed E-state index contributed by atoms with van der Waals surface area (Å²) in [4.78, 5) is 22.3. The number of carbonyl (C=O) groups is 1. The smallest absolute Gasteiger partial charge is 0.311 e. The highest BCUT2D eigenvalue weighted by Crippen LogP contribution is 1.97. The van der Waals surface area contributed by atoms with Crippen LogP contribution in [0.25, 0.3) is 0 Å². The van der Waals surface area contributed by atoms with Crippen molar-refractivity contribution in [3.05, 3.63) is 17.5 Å². The fraction of sp³-hybridized carbons (Fsp3) is 0.500. The van der Waals surface area contributed by atoms with Crippen LogP contribution < -0.4 is 0 Å². The fourth-order valence-electron chi connectivity index (χ4n) is 0.970. The van der Waals surface area contributed by atoms with Crippen LogP contribution in [0.15, 0.2) is 0 Å². The topological polar surface area (TPSA) is 76.0 Å². The molecule has 70 valence electrons. The Morgan fingerprint density at radius 3 is 2.46 bits per heavy atom. The summed E-state index contributed by atoms with van der Waals surface area (Å²) in [7, 11) is 0. The van der Waals surface area contributed by atoms with E-state index < -0.39 is 5.97 Å². The molecule has 5 nitrogen and oxygen atoms in total. The number of hydrogen-bond acceptors (Lipinski definition) is 4. The van der Waals surface area contributed by atoms with Crippen molar-refractivity contribution in [2.45, 2.75) is 26.7 Å². The van der Waals surface area contributed by atoms with E-state index in [1.54, 1.807) is 6.92 Å². The normalized spacial score (nSPS) is 10.0. The Kier molecular flexibility index (Phi) is 2.89. The quantitative estimate of drug-likeness (QED) is 0.729.